The van der Waals surface area contributed by atoms with Gasteiger partial charge in [0.1, 0.15) is 10.8 Å². The molecule has 2 aromatic heterocycles. The van der Waals surface area contributed by atoms with E-state index in [0.717, 1.165) is 23.7 Å². The second kappa shape index (κ2) is 8.99. The maximum absolute atomic E-state index is 12.3. The van der Waals surface area contributed by atoms with Crippen LogP contribution in [0, 0.1) is 5.41 Å². The van der Waals surface area contributed by atoms with Gasteiger partial charge in [0.2, 0.25) is 0 Å². The molecule has 1 aliphatic carbocycles. The Labute approximate surface area is 214 Å². The molecule has 8 nitrogen and oxygen atoms in total. The number of rotatable bonds is 4. The zero-order valence-electron chi connectivity index (χ0n) is 18.2. The lowest BCUT2D eigenvalue weighted by Crippen LogP contribution is -2.45. The third-order valence-electron chi connectivity index (χ3n) is 6.80. The van der Waals surface area contributed by atoms with Crippen LogP contribution in [-0.2, 0) is 6.42 Å². The van der Waals surface area contributed by atoms with E-state index in [1.54, 1.807) is 18.5 Å². The van der Waals surface area contributed by atoms with Crippen LogP contribution in [0.15, 0.2) is 51.1 Å². The molecule has 0 unspecified atom stereocenters. The number of carbonyl (C=O) groups is 1. The second-order valence-electron chi connectivity index (χ2n) is 8.67. The largest absolute Gasteiger partial charge is 0.382 e. The zero-order valence-corrected chi connectivity index (χ0v) is 21.3. The molecule has 3 aromatic rings. The number of anilines is 2. The standard InChI is InChI=1S/C23H23BrClN7OS/c24-14-3-1-2-12-13(14)10-23(19(12)26)5-8-32(9-6-23)22-18(21(28)33)31-16(11-30-22)34-15-4-7-29-20(27)17(15)25/h1-4,7,11,19H,5-6,8-10,26H2,(H2,27,29)(H2,28,33)/t19-/m1/s1. The molecule has 1 atom stereocenters. The summed E-state index contributed by atoms with van der Waals surface area (Å²) >= 11 is 11.2. The number of hydrogen-bond donors (Lipinski definition) is 3. The van der Waals surface area contributed by atoms with Crippen molar-refractivity contribution in [2.24, 2.45) is 16.9 Å². The van der Waals surface area contributed by atoms with E-state index in [9.17, 15) is 4.79 Å². The Bertz CT molecular complexity index is 1280. The molecule has 6 N–H and O–H groups in total. The third-order valence-corrected chi connectivity index (χ3v) is 9.02. The predicted octanol–water partition coefficient (Wildman–Crippen LogP) is 3.96. The quantitative estimate of drug-likeness (QED) is 0.436. The molecule has 1 saturated heterocycles. The lowest BCUT2D eigenvalue weighted by Gasteiger charge is -2.42. The van der Waals surface area contributed by atoms with Gasteiger partial charge in [-0.25, -0.2) is 15.0 Å². The molecule has 1 aromatic carbocycles. The summed E-state index contributed by atoms with van der Waals surface area (Å²) in [6.45, 7) is 1.43. The summed E-state index contributed by atoms with van der Waals surface area (Å²) in [5.41, 5.74) is 20.9. The Balaban J connectivity index is 1.36. The summed E-state index contributed by atoms with van der Waals surface area (Å²) in [5.74, 6) is 0.102. The average molecular weight is 561 g/mol. The van der Waals surface area contributed by atoms with E-state index in [2.05, 4.69) is 47.9 Å². The molecule has 176 valence electrons. The Morgan fingerprint density at radius 3 is 2.71 bits per heavy atom. The number of benzene rings is 1. The number of hydrogen-bond acceptors (Lipinski definition) is 8. The summed E-state index contributed by atoms with van der Waals surface area (Å²) in [7, 11) is 0. The highest BCUT2D eigenvalue weighted by Crippen LogP contribution is 2.52. The smallest absolute Gasteiger partial charge is 0.271 e. The van der Waals surface area contributed by atoms with Crippen molar-refractivity contribution >= 4 is 56.8 Å². The van der Waals surface area contributed by atoms with Gasteiger partial charge in [-0.2, -0.15) is 0 Å². The number of nitrogens with zero attached hydrogens (tertiary/aromatic N) is 4. The van der Waals surface area contributed by atoms with Crippen LogP contribution in [0.25, 0.3) is 0 Å². The summed E-state index contributed by atoms with van der Waals surface area (Å²) in [6.07, 6.45) is 5.90. The summed E-state index contributed by atoms with van der Waals surface area (Å²) < 4.78 is 1.12. The van der Waals surface area contributed by atoms with Crippen molar-refractivity contribution in [2.45, 2.75) is 35.2 Å². The molecule has 1 spiro atoms. The van der Waals surface area contributed by atoms with Gasteiger partial charge in [-0.1, -0.05) is 51.4 Å². The molecular formula is C23H23BrClN7OS. The first-order valence-electron chi connectivity index (χ1n) is 10.8. The minimum absolute atomic E-state index is 0.00314. The second-order valence-corrected chi connectivity index (χ2v) is 11.0. The summed E-state index contributed by atoms with van der Waals surface area (Å²) in [5, 5.41) is 0.831. The first-order chi connectivity index (χ1) is 16.3. The van der Waals surface area contributed by atoms with Crippen LogP contribution < -0.4 is 22.1 Å². The Hall–Kier alpha value is -2.40. The number of nitrogen functional groups attached to an aromatic ring is 1. The number of aromatic nitrogens is 3. The van der Waals surface area contributed by atoms with Crippen LogP contribution in [0.1, 0.15) is 40.5 Å². The molecule has 1 amide bonds. The van der Waals surface area contributed by atoms with Crippen molar-refractivity contribution in [3.8, 4) is 0 Å². The van der Waals surface area contributed by atoms with Gasteiger partial charge in [-0.3, -0.25) is 4.79 Å². The van der Waals surface area contributed by atoms with E-state index in [0.29, 0.717) is 33.9 Å². The van der Waals surface area contributed by atoms with Crippen molar-refractivity contribution in [3.05, 3.63) is 63.0 Å². The number of fused-ring (bicyclic) bond motifs is 1. The number of carbonyl (C=O) groups excluding carboxylic acids is 1. The van der Waals surface area contributed by atoms with Crippen molar-refractivity contribution in [3.63, 3.8) is 0 Å². The van der Waals surface area contributed by atoms with Gasteiger partial charge in [0.15, 0.2) is 11.5 Å². The summed E-state index contributed by atoms with van der Waals surface area (Å²) in [4.78, 5) is 28.1. The minimum atomic E-state index is -0.625. The molecule has 0 saturated carbocycles. The maximum atomic E-state index is 12.3. The zero-order chi connectivity index (χ0) is 24.0. The van der Waals surface area contributed by atoms with Crippen LogP contribution in [0.5, 0.6) is 0 Å². The SMILES string of the molecule is NC(=O)c1nc(Sc2ccnc(N)c2Cl)cnc1N1CCC2(CC1)Cc1c(Br)cccc1[C@H]2N. The molecule has 2 aliphatic rings. The highest BCUT2D eigenvalue weighted by molar-refractivity contribution is 9.10. The first kappa shape index (κ1) is 23.3. The minimum Gasteiger partial charge on any atom is -0.382 e. The van der Waals surface area contributed by atoms with Crippen LogP contribution in [0.4, 0.5) is 11.6 Å². The normalized spacial score (nSPS) is 18.8. The summed E-state index contributed by atoms with van der Waals surface area (Å²) in [6, 6.07) is 7.95. The number of primary amides is 1. The fraction of sp³-hybridized carbons (Fsp3) is 0.304. The van der Waals surface area contributed by atoms with E-state index < -0.39 is 5.91 Å². The molecular weight excluding hydrogens is 538 g/mol. The molecule has 11 heteroatoms. The van der Waals surface area contributed by atoms with Gasteiger partial charge in [-0.05, 0) is 47.9 Å². The number of amides is 1. The van der Waals surface area contributed by atoms with Crippen molar-refractivity contribution in [1.82, 2.24) is 15.0 Å². The van der Waals surface area contributed by atoms with E-state index in [1.165, 1.54) is 22.9 Å². The molecule has 0 radical (unpaired) electrons. The highest BCUT2D eigenvalue weighted by atomic mass is 79.9. The van der Waals surface area contributed by atoms with Gasteiger partial charge >= 0.3 is 0 Å². The van der Waals surface area contributed by atoms with Crippen LogP contribution >= 0.6 is 39.3 Å². The molecule has 34 heavy (non-hydrogen) atoms. The Morgan fingerprint density at radius 1 is 1.24 bits per heavy atom. The van der Waals surface area contributed by atoms with Gasteiger partial charge in [0.05, 0.1) is 11.2 Å². The Morgan fingerprint density at radius 2 is 2.00 bits per heavy atom. The van der Waals surface area contributed by atoms with Crippen LogP contribution in [0.2, 0.25) is 5.02 Å². The monoisotopic (exact) mass is 559 g/mol. The van der Waals surface area contributed by atoms with Gasteiger partial charge in [0.25, 0.3) is 5.91 Å². The molecule has 1 fully saturated rings. The molecule has 0 bridgehead atoms. The van der Waals surface area contributed by atoms with E-state index in [1.807, 2.05) is 6.07 Å². The number of piperidine rings is 1. The molecule has 3 heterocycles. The van der Waals surface area contributed by atoms with Crippen LogP contribution in [0.3, 0.4) is 0 Å². The maximum Gasteiger partial charge on any atom is 0.271 e. The number of pyridine rings is 1. The van der Waals surface area contributed by atoms with Gasteiger partial charge in [-0.15, -0.1) is 0 Å². The predicted molar refractivity (Wildman–Crippen MR) is 137 cm³/mol. The first-order valence-corrected chi connectivity index (χ1v) is 12.8. The lowest BCUT2D eigenvalue weighted by molar-refractivity contribution is 0.0994. The highest BCUT2D eigenvalue weighted by Gasteiger charge is 2.46. The number of nitrogens with two attached hydrogens (primary N) is 3. The van der Waals surface area contributed by atoms with Gasteiger partial charge < -0.3 is 22.1 Å². The van der Waals surface area contributed by atoms with Crippen molar-refractivity contribution in [1.29, 1.82) is 0 Å². The Kier molecular flexibility index (Phi) is 6.18. The average Bonchev–Trinajstić information content (AvgIpc) is 3.10. The van der Waals surface area contributed by atoms with Crippen LogP contribution in [-0.4, -0.2) is 33.9 Å². The molecule has 1 aliphatic heterocycles. The lowest BCUT2D eigenvalue weighted by atomic mass is 9.73. The van der Waals surface area contributed by atoms with Crippen molar-refractivity contribution in [2.75, 3.05) is 23.7 Å². The third kappa shape index (κ3) is 4.02. The van der Waals surface area contributed by atoms with Gasteiger partial charge in [0, 0.05) is 34.7 Å². The van der Waals surface area contributed by atoms with E-state index in [4.69, 9.17) is 28.8 Å². The van der Waals surface area contributed by atoms with Crippen molar-refractivity contribution < 1.29 is 4.79 Å². The van der Waals surface area contributed by atoms with E-state index >= 15 is 0 Å². The fourth-order valence-corrected chi connectivity index (χ4v) is 6.48. The molecule has 5 rings (SSSR count). The fourth-order valence-electron chi connectivity index (χ4n) is 4.94. The van der Waals surface area contributed by atoms with E-state index in [-0.39, 0.29) is 23.0 Å². The number of halogens is 2. The topological polar surface area (TPSA) is 137 Å².